The molecule has 0 atom stereocenters. The number of rotatable bonds is 4. The van der Waals surface area contributed by atoms with E-state index in [4.69, 9.17) is 0 Å². The first-order chi connectivity index (χ1) is 9.33. The van der Waals surface area contributed by atoms with Crippen LogP contribution in [0.5, 0.6) is 0 Å². The molecule has 1 saturated carbocycles. The minimum absolute atomic E-state index is 0.618. The first-order valence-corrected chi connectivity index (χ1v) is 7.07. The SMILES string of the molecule is Cn1cc(CNc2nccn2C2CCCCC2)cn1. The van der Waals surface area contributed by atoms with Crippen molar-refractivity contribution in [2.45, 2.75) is 44.7 Å². The molecule has 2 heterocycles. The lowest BCUT2D eigenvalue weighted by Crippen LogP contribution is -2.15. The average molecular weight is 259 g/mol. The Kier molecular flexibility index (Phi) is 3.53. The molecule has 102 valence electrons. The van der Waals surface area contributed by atoms with Crippen LogP contribution in [0, 0.1) is 0 Å². The van der Waals surface area contributed by atoms with Gasteiger partial charge in [0.15, 0.2) is 0 Å². The van der Waals surface area contributed by atoms with E-state index in [9.17, 15) is 0 Å². The van der Waals surface area contributed by atoms with Gasteiger partial charge in [0.25, 0.3) is 0 Å². The summed E-state index contributed by atoms with van der Waals surface area (Å²) in [7, 11) is 1.94. The Balaban J connectivity index is 1.66. The van der Waals surface area contributed by atoms with Crippen molar-refractivity contribution < 1.29 is 0 Å². The maximum Gasteiger partial charge on any atom is 0.203 e. The van der Waals surface area contributed by atoms with Crippen molar-refractivity contribution in [1.82, 2.24) is 19.3 Å². The summed E-state index contributed by atoms with van der Waals surface area (Å²) in [6, 6.07) is 0.618. The zero-order chi connectivity index (χ0) is 13.1. The van der Waals surface area contributed by atoms with E-state index in [-0.39, 0.29) is 0 Å². The van der Waals surface area contributed by atoms with Gasteiger partial charge in [0.1, 0.15) is 0 Å². The highest BCUT2D eigenvalue weighted by atomic mass is 15.2. The van der Waals surface area contributed by atoms with E-state index in [1.54, 1.807) is 0 Å². The van der Waals surface area contributed by atoms with Crippen LogP contribution in [0.4, 0.5) is 5.95 Å². The molecule has 1 aliphatic carbocycles. The van der Waals surface area contributed by atoms with Gasteiger partial charge in [-0.2, -0.15) is 5.10 Å². The number of aromatic nitrogens is 4. The molecule has 0 bridgehead atoms. The number of imidazole rings is 1. The first-order valence-electron chi connectivity index (χ1n) is 7.07. The van der Waals surface area contributed by atoms with Gasteiger partial charge in [-0.05, 0) is 12.8 Å². The predicted octanol–water partition coefficient (Wildman–Crippen LogP) is 2.73. The molecule has 19 heavy (non-hydrogen) atoms. The fourth-order valence-electron chi connectivity index (χ4n) is 2.85. The number of hydrogen-bond donors (Lipinski definition) is 1. The van der Waals surface area contributed by atoms with Crippen molar-refractivity contribution in [2.75, 3.05) is 5.32 Å². The summed E-state index contributed by atoms with van der Waals surface area (Å²) in [5.74, 6) is 0.982. The minimum Gasteiger partial charge on any atom is -0.351 e. The number of nitrogens with one attached hydrogen (secondary N) is 1. The summed E-state index contributed by atoms with van der Waals surface area (Å²) >= 11 is 0. The van der Waals surface area contributed by atoms with Crippen LogP contribution in [0.15, 0.2) is 24.8 Å². The lowest BCUT2D eigenvalue weighted by molar-refractivity contribution is 0.356. The minimum atomic E-state index is 0.618. The van der Waals surface area contributed by atoms with Crippen LogP contribution >= 0.6 is 0 Å². The molecule has 0 saturated heterocycles. The van der Waals surface area contributed by atoms with Gasteiger partial charge in [-0.15, -0.1) is 0 Å². The molecule has 0 radical (unpaired) electrons. The normalized spacial score (nSPS) is 16.7. The van der Waals surface area contributed by atoms with Crippen LogP contribution in [-0.4, -0.2) is 19.3 Å². The summed E-state index contributed by atoms with van der Waals surface area (Å²) in [5, 5.41) is 7.60. The van der Waals surface area contributed by atoms with Gasteiger partial charge in [0, 0.05) is 43.8 Å². The van der Waals surface area contributed by atoms with Crippen LogP contribution in [0.3, 0.4) is 0 Å². The standard InChI is InChI=1S/C14H21N5/c1-18-11-12(10-17-18)9-16-14-15-7-8-19(14)13-5-3-2-4-6-13/h7-8,10-11,13H,2-6,9H2,1H3,(H,15,16). The van der Waals surface area contributed by atoms with Gasteiger partial charge in [0.2, 0.25) is 5.95 Å². The predicted molar refractivity (Wildman–Crippen MR) is 74.9 cm³/mol. The Labute approximate surface area is 113 Å². The molecular weight excluding hydrogens is 238 g/mol. The molecule has 1 N–H and O–H groups in total. The highest BCUT2D eigenvalue weighted by molar-refractivity contribution is 5.28. The molecule has 0 aromatic carbocycles. The largest absolute Gasteiger partial charge is 0.351 e. The number of nitrogens with zero attached hydrogens (tertiary/aromatic N) is 4. The number of aryl methyl sites for hydroxylation is 1. The smallest absolute Gasteiger partial charge is 0.203 e. The van der Waals surface area contributed by atoms with E-state index in [1.807, 2.05) is 30.3 Å². The third-order valence-electron chi connectivity index (χ3n) is 3.85. The van der Waals surface area contributed by atoms with Gasteiger partial charge in [-0.25, -0.2) is 4.98 Å². The molecule has 0 unspecified atom stereocenters. The highest BCUT2D eigenvalue weighted by Gasteiger charge is 2.17. The third-order valence-corrected chi connectivity index (χ3v) is 3.85. The highest BCUT2D eigenvalue weighted by Crippen LogP contribution is 2.30. The Morgan fingerprint density at radius 3 is 2.89 bits per heavy atom. The van der Waals surface area contributed by atoms with Crippen LogP contribution in [0.2, 0.25) is 0 Å². The van der Waals surface area contributed by atoms with Crippen LogP contribution < -0.4 is 5.32 Å². The Bertz CT molecular complexity index is 521. The van der Waals surface area contributed by atoms with E-state index in [2.05, 4.69) is 26.2 Å². The molecular formula is C14H21N5. The van der Waals surface area contributed by atoms with Crippen molar-refractivity contribution in [1.29, 1.82) is 0 Å². The molecule has 0 amide bonds. The second-order valence-corrected chi connectivity index (χ2v) is 5.33. The second-order valence-electron chi connectivity index (χ2n) is 5.33. The van der Waals surface area contributed by atoms with Gasteiger partial charge >= 0.3 is 0 Å². The van der Waals surface area contributed by atoms with Gasteiger partial charge in [-0.1, -0.05) is 19.3 Å². The molecule has 1 fully saturated rings. The average Bonchev–Trinajstić information content (AvgIpc) is 3.06. The van der Waals surface area contributed by atoms with Crippen molar-refractivity contribution in [2.24, 2.45) is 7.05 Å². The molecule has 3 rings (SSSR count). The monoisotopic (exact) mass is 259 g/mol. The Morgan fingerprint density at radius 1 is 1.32 bits per heavy atom. The lowest BCUT2D eigenvalue weighted by Gasteiger charge is -2.24. The number of hydrogen-bond acceptors (Lipinski definition) is 3. The third kappa shape index (κ3) is 2.80. The molecule has 2 aromatic heterocycles. The zero-order valence-electron chi connectivity index (χ0n) is 11.4. The molecule has 5 heteroatoms. The lowest BCUT2D eigenvalue weighted by atomic mass is 9.95. The van der Waals surface area contributed by atoms with Crippen LogP contribution in [-0.2, 0) is 13.6 Å². The zero-order valence-corrected chi connectivity index (χ0v) is 11.4. The van der Waals surface area contributed by atoms with Crippen LogP contribution in [0.1, 0.15) is 43.7 Å². The van der Waals surface area contributed by atoms with Crippen molar-refractivity contribution in [3.63, 3.8) is 0 Å². The van der Waals surface area contributed by atoms with Crippen molar-refractivity contribution >= 4 is 5.95 Å². The van der Waals surface area contributed by atoms with E-state index in [0.717, 1.165) is 12.5 Å². The fraction of sp³-hybridized carbons (Fsp3) is 0.571. The van der Waals surface area contributed by atoms with Gasteiger partial charge < -0.3 is 9.88 Å². The summed E-state index contributed by atoms with van der Waals surface area (Å²) < 4.78 is 4.13. The molecule has 5 nitrogen and oxygen atoms in total. The molecule has 2 aromatic rings. The maximum atomic E-state index is 4.44. The van der Waals surface area contributed by atoms with E-state index < -0.39 is 0 Å². The van der Waals surface area contributed by atoms with Crippen molar-refractivity contribution in [3.8, 4) is 0 Å². The Morgan fingerprint density at radius 2 is 2.16 bits per heavy atom. The number of anilines is 1. The summed E-state index contributed by atoms with van der Waals surface area (Å²) in [6.07, 6.45) is 14.5. The Hall–Kier alpha value is -1.78. The summed E-state index contributed by atoms with van der Waals surface area (Å²) in [4.78, 5) is 4.44. The van der Waals surface area contributed by atoms with Crippen molar-refractivity contribution in [3.05, 3.63) is 30.4 Å². The second kappa shape index (κ2) is 5.47. The quantitative estimate of drug-likeness (QED) is 0.918. The van der Waals surface area contributed by atoms with E-state index in [0.29, 0.717) is 6.04 Å². The summed E-state index contributed by atoms with van der Waals surface area (Å²) in [5.41, 5.74) is 1.18. The molecule has 1 aliphatic rings. The molecule has 0 aliphatic heterocycles. The van der Waals surface area contributed by atoms with E-state index in [1.165, 1.54) is 37.7 Å². The maximum absolute atomic E-state index is 4.44. The topological polar surface area (TPSA) is 47.7 Å². The fourth-order valence-corrected chi connectivity index (χ4v) is 2.85. The van der Waals surface area contributed by atoms with E-state index >= 15 is 0 Å². The first kappa shape index (κ1) is 12.3. The summed E-state index contributed by atoms with van der Waals surface area (Å²) in [6.45, 7) is 0.775. The van der Waals surface area contributed by atoms with Gasteiger partial charge in [-0.3, -0.25) is 4.68 Å². The van der Waals surface area contributed by atoms with Crippen LogP contribution in [0.25, 0.3) is 0 Å². The van der Waals surface area contributed by atoms with Gasteiger partial charge in [0.05, 0.1) is 6.20 Å². The molecule has 0 spiro atoms.